The van der Waals surface area contributed by atoms with Gasteiger partial charge in [0.1, 0.15) is 16.5 Å². The summed E-state index contributed by atoms with van der Waals surface area (Å²) in [5, 5.41) is 6.55. The van der Waals surface area contributed by atoms with E-state index in [1.54, 1.807) is 11.3 Å². The Bertz CT molecular complexity index is 552. The zero-order valence-electron chi connectivity index (χ0n) is 12.8. The standard InChI is InChI=1S/C15H24N4S/c1-5-11(3)9-19(4)10-13-17-14(16-6-2)12-7-8-20-15(12)18-13/h7-8,11H,5-6,9-10H2,1-4H3,(H,16,17,18). The molecule has 5 heteroatoms. The SMILES string of the molecule is CCNc1nc(CN(C)CC(C)CC)nc2sccc12. The second-order valence-electron chi connectivity index (χ2n) is 5.37. The maximum absolute atomic E-state index is 4.68. The summed E-state index contributed by atoms with van der Waals surface area (Å²) in [6.07, 6.45) is 1.21. The van der Waals surface area contributed by atoms with Crippen molar-refractivity contribution in [2.75, 3.05) is 25.5 Å². The fourth-order valence-electron chi connectivity index (χ4n) is 2.24. The summed E-state index contributed by atoms with van der Waals surface area (Å²) in [5.74, 6) is 2.58. The highest BCUT2D eigenvalue weighted by Gasteiger charge is 2.11. The molecule has 0 aromatic carbocycles. The van der Waals surface area contributed by atoms with Crippen LogP contribution in [0.3, 0.4) is 0 Å². The highest BCUT2D eigenvalue weighted by atomic mass is 32.1. The molecule has 0 fully saturated rings. The van der Waals surface area contributed by atoms with E-state index < -0.39 is 0 Å². The van der Waals surface area contributed by atoms with Crippen molar-refractivity contribution in [3.05, 3.63) is 17.3 Å². The number of thiophene rings is 1. The van der Waals surface area contributed by atoms with Crippen LogP contribution in [-0.4, -0.2) is 35.0 Å². The Kier molecular flexibility index (Phi) is 5.31. The van der Waals surface area contributed by atoms with Gasteiger partial charge in [0, 0.05) is 13.1 Å². The first-order chi connectivity index (χ1) is 9.63. The molecule has 20 heavy (non-hydrogen) atoms. The third-order valence-electron chi connectivity index (χ3n) is 3.45. The van der Waals surface area contributed by atoms with E-state index in [1.165, 1.54) is 6.42 Å². The summed E-state index contributed by atoms with van der Waals surface area (Å²) in [5.41, 5.74) is 0. The number of nitrogens with one attached hydrogen (secondary N) is 1. The van der Waals surface area contributed by atoms with Crippen LogP contribution in [0.4, 0.5) is 5.82 Å². The topological polar surface area (TPSA) is 41.1 Å². The van der Waals surface area contributed by atoms with Crippen molar-refractivity contribution in [2.45, 2.75) is 33.7 Å². The third kappa shape index (κ3) is 3.67. The second kappa shape index (κ2) is 6.99. The van der Waals surface area contributed by atoms with Gasteiger partial charge in [-0.2, -0.15) is 0 Å². The van der Waals surface area contributed by atoms with Gasteiger partial charge in [-0.15, -0.1) is 11.3 Å². The van der Waals surface area contributed by atoms with Crippen LogP contribution in [0.5, 0.6) is 0 Å². The molecule has 1 unspecified atom stereocenters. The lowest BCUT2D eigenvalue weighted by Crippen LogP contribution is -2.25. The maximum Gasteiger partial charge on any atom is 0.146 e. The quantitative estimate of drug-likeness (QED) is 0.846. The smallest absolute Gasteiger partial charge is 0.146 e. The Morgan fingerprint density at radius 2 is 2.15 bits per heavy atom. The Morgan fingerprint density at radius 1 is 1.35 bits per heavy atom. The Morgan fingerprint density at radius 3 is 2.85 bits per heavy atom. The van der Waals surface area contributed by atoms with Gasteiger partial charge in [-0.25, -0.2) is 9.97 Å². The monoisotopic (exact) mass is 292 g/mol. The van der Waals surface area contributed by atoms with E-state index >= 15 is 0 Å². The number of rotatable bonds is 7. The number of aromatic nitrogens is 2. The van der Waals surface area contributed by atoms with Crippen LogP contribution in [-0.2, 0) is 6.54 Å². The first-order valence-corrected chi connectivity index (χ1v) is 8.18. The van der Waals surface area contributed by atoms with Gasteiger partial charge in [0.2, 0.25) is 0 Å². The fourth-order valence-corrected chi connectivity index (χ4v) is 3.02. The number of nitrogens with zero attached hydrogens (tertiary/aromatic N) is 3. The number of fused-ring (bicyclic) bond motifs is 1. The Hall–Kier alpha value is -1.20. The average Bonchev–Trinajstić information content (AvgIpc) is 2.87. The van der Waals surface area contributed by atoms with Crippen LogP contribution < -0.4 is 5.32 Å². The Balaban J connectivity index is 2.17. The molecule has 4 nitrogen and oxygen atoms in total. The van der Waals surface area contributed by atoms with Gasteiger partial charge in [-0.3, -0.25) is 4.90 Å². The van der Waals surface area contributed by atoms with Crippen molar-refractivity contribution < 1.29 is 0 Å². The molecule has 2 heterocycles. The van der Waals surface area contributed by atoms with Crippen LogP contribution in [0.15, 0.2) is 11.4 Å². The van der Waals surface area contributed by atoms with Crippen molar-refractivity contribution in [3.8, 4) is 0 Å². The summed E-state index contributed by atoms with van der Waals surface area (Å²) in [6.45, 7) is 9.37. The lowest BCUT2D eigenvalue weighted by atomic mass is 10.1. The summed E-state index contributed by atoms with van der Waals surface area (Å²) in [7, 11) is 2.14. The van der Waals surface area contributed by atoms with Crippen LogP contribution in [0.25, 0.3) is 10.2 Å². The summed E-state index contributed by atoms with van der Waals surface area (Å²) >= 11 is 1.68. The van der Waals surface area contributed by atoms with E-state index in [2.05, 4.69) is 59.4 Å². The highest BCUT2D eigenvalue weighted by Crippen LogP contribution is 2.25. The van der Waals surface area contributed by atoms with Crippen molar-refractivity contribution in [1.29, 1.82) is 0 Å². The molecule has 0 saturated carbocycles. The van der Waals surface area contributed by atoms with E-state index in [0.29, 0.717) is 5.92 Å². The summed E-state index contributed by atoms with van der Waals surface area (Å²) < 4.78 is 0. The van der Waals surface area contributed by atoms with Crippen molar-refractivity contribution >= 4 is 27.4 Å². The minimum Gasteiger partial charge on any atom is -0.370 e. The minimum atomic E-state index is 0.707. The van der Waals surface area contributed by atoms with E-state index in [-0.39, 0.29) is 0 Å². The van der Waals surface area contributed by atoms with Gasteiger partial charge < -0.3 is 5.32 Å². The zero-order chi connectivity index (χ0) is 14.5. The molecule has 110 valence electrons. The fraction of sp³-hybridized carbons (Fsp3) is 0.600. The molecule has 2 rings (SSSR count). The van der Waals surface area contributed by atoms with E-state index in [4.69, 9.17) is 0 Å². The van der Waals surface area contributed by atoms with Gasteiger partial charge in [-0.05, 0) is 31.3 Å². The molecule has 0 aliphatic carbocycles. The first-order valence-electron chi connectivity index (χ1n) is 7.30. The predicted molar refractivity (Wildman–Crippen MR) is 87.4 cm³/mol. The predicted octanol–water partition coefficient (Wildman–Crippen LogP) is 3.60. The zero-order valence-corrected chi connectivity index (χ0v) is 13.6. The van der Waals surface area contributed by atoms with Crippen molar-refractivity contribution in [2.24, 2.45) is 5.92 Å². The van der Waals surface area contributed by atoms with Crippen LogP contribution >= 0.6 is 11.3 Å². The third-order valence-corrected chi connectivity index (χ3v) is 4.25. The van der Waals surface area contributed by atoms with Gasteiger partial charge in [0.15, 0.2) is 0 Å². The molecule has 0 radical (unpaired) electrons. The number of anilines is 1. The van der Waals surface area contributed by atoms with E-state index in [9.17, 15) is 0 Å². The highest BCUT2D eigenvalue weighted by molar-refractivity contribution is 7.16. The van der Waals surface area contributed by atoms with Gasteiger partial charge in [-0.1, -0.05) is 20.3 Å². The number of hydrogen-bond donors (Lipinski definition) is 1. The summed E-state index contributed by atoms with van der Waals surface area (Å²) in [6, 6.07) is 2.09. The molecular weight excluding hydrogens is 268 g/mol. The maximum atomic E-state index is 4.68. The minimum absolute atomic E-state index is 0.707. The molecule has 2 aromatic heterocycles. The van der Waals surface area contributed by atoms with Gasteiger partial charge >= 0.3 is 0 Å². The van der Waals surface area contributed by atoms with Crippen LogP contribution in [0.2, 0.25) is 0 Å². The van der Waals surface area contributed by atoms with Gasteiger partial charge in [0.05, 0.1) is 11.9 Å². The van der Waals surface area contributed by atoms with E-state index in [1.807, 2.05) is 0 Å². The molecule has 0 amide bonds. The molecular formula is C15H24N4S. The normalized spacial score (nSPS) is 13.1. The van der Waals surface area contributed by atoms with Gasteiger partial charge in [0.25, 0.3) is 0 Å². The Labute approximate surface area is 125 Å². The summed E-state index contributed by atoms with van der Waals surface area (Å²) in [4.78, 5) is 12.7. The molecule has 0 spiro atoms. The number of hydrogen-bond acceptors (Lipinski definition) is 5. The van der Waals surface area contributed by atoms with Crippen molar-refractivity contribution in [3.63, 3.8) is 0 Å². The largest absolute Gasteiger partial charge is 0.370 e. The average molecular weight is 292 g/mol. The molecule has 1 atom stereocenters. The molecule has 2 aromatic rings. The molecule has 0 bridgehead atoms. The first kappa shape index (κ1) is 15.2. The van der Waals surface area contributed by atoms with Crippen LogP contribution in [0.1, 0.15) is 33.0 Å². The second-order valence-corrected chi connectivity index (χ2v) is 6.26. The van der Waals surface area contributed by atoms with Crippen LogP contribution in [0, 0.1) is 5.92 Å². The lowest BCUT2D eigenvalue weighted by Gasteiger charge is -2.19. The lowest BCUT2D eigenvalue weighted by molar-refractivity contribution is 0.270. The molecule has 0 aliphatic heterocycles. The molecule has 1 N–H and O–H groups in total. The van der Waals surface area contributed by atoms with E-state index in [0.717, 1.165) is 41.5 Å². The van der Waals surface area contributed by atoms with Crippen molar-refractivity contribution in [1.82, 2.24) is 14.9 Å². The molecule has 0 aliphatic rings. The molecule has 0 saturated heterocycles.